The highest BCUT2D eigenvalue weighted by Gasteiger charge is 2.27. The van der Waals surface area contributed by atoms with Gasteiger partial charge in [-0.05, 0) is 46.2 Å². The number of hydrogen-bond acceptors (Lipinski definition) is 4. The molecule has 0 amide bonds. The summed E-state index contributed by atoms with van der Waals surface area (Å²) in [5.41, 5.74) is 0.0881. The number of nitrogens with one attached hydrogen (secondary N) is 2. The molecule has 1 aliphatic heterocycles. The number of hydrogen-bond donors (Lipinski definition) is 2. The Bertz CT molecular complexity index is 460. The molecule has 2 N–H and O–H groups in total. The third kappa shape index (κ3) is 9.71. The van der Waals surface area contributed by atoms with E-state index in [1.807, 2.05) is 0 Å². The molecule has 1 fully saturated rings. The van der Waals surface area contributed by atoms with Crippen molar-refractivity contribution in [1.82, 2.24) is 15.5 Å². The highest BCUT2D eigenvalue weighted by molar-refractivity contribution is 14.0. The van der Waals surface area contributed by atoms with Crippen LogP contribution in [0.15, 0.2) is 4.99 Å². The predicted octanol–water partition coefficient (Wildman–Crippen LogP) is 1.47. The normalized spacial score (nSPS) is 17.5. The fraction of sp³-hybridized carbons (Fsp3) is 0.933. The van der Waals surface area contributed by atoms with Gasteiger partial charge >= 0.3 is 0 Å². The van der Waals surface area contributed by atoms with Gasteiger partial charge in [0.05, 0.1) is 5.75 Å². The molecule has 138 valence electrons. The Morgan fingerprint density at radius 3 is 2.30 bits per heavy atom. The summed E-state index contributed by atoms with van der Waals surface area (Å²) < 4.78 is 22.2. The zero-order valence-corrected chi connectivity index (χ0v) is 18.0. The van der Waals surface area contributed by atoms with Gasteiger partial charge in [0.2, 0.25) is 0 Å². The molecule has 0 spiro atoms. The van der Waals surface area contributed by atoms with E-state index in [1.165, 1.54) is 25.5 Å². The number of nitrogens with zero attached hydrogens (tertiary/aromatic N) is 2. The van der Waals surface area contributed by atoms with Gasteiger partial charge in [0.25, 0.3) is 0 Å². The van der Waals surface area contributed by atoms with Crippen LogP contribution in [0.2, 0.25) is 0 Å². The minimum absolute atomic E-state index is 0. The van der Waals surface area contributed by atoms with E-state index in [4.69, 9.17) is 0 Å². The van der Waals surface area contributed by atoms with Gasteiger partial charge in [0.1, 0.15) is 9.84 Å². The summed E-state index contributed by atoms with van der Waals surface area (Å²) >= 11 is 0. The van der Waals surface area contributed by atoms with Crippen LogP contribution in [0.5, 0.6) is 0 Å². The first-order valence-electron chi connectivity index (χ1n) is 8.12. The Morgan fingerprint density at radius 1 is 1.17 bits per heavy atom. The van der Waals surface area contributed by atoms with Gasteiger partial charge in [-0.15, -0.1) is 24.0 Å². The monoisotopic (exact) mass is 460 g/mol. The summed E-state index contributed by atoms with van der Waals surface area (Å²) in [6.07, 6.45) is 5.75. The summed E-state index contributed by atoms with van der Waals surface area (Å²) in [5.74, 6) is 0.939. The molecule has 0 aromatic heterocycles. The molecule has 1 rings (SSSR count). The molecule has 0 aromatic carbocycles. The summed E-state index contributed by atoms with van der Waals surface area (Å²) in [6.45, 7) is 8.25. The maximum absolute atomic E-state index is 11.1. The Balaban J connectivity index is 0.00000484. The Morgan fingerprint density at radius 2 is 1.78 bits per heavy atom. The molecule has 0 bridgehead atoms. The van der Waals surface area contributed by atoms with E-state index in [0.717, 1.165) is 25.6 Å². The van der Waals surface area contributed by atoms with E-state index in [-0.39, 0.29) is 35.3 Å². The first kappa shape index (κ1) is 22.9. The van der Waals surface area contributed by atoms with Crippen LogP contribution in [0.1, 0.15) is 39.5 Å². The van der Waals surface area contributed by atoms with Gasteiger partial charge in [-0.3, -0.25) is 9.89 Å². The molecule has 6 nitrogen and oxygen atoms in total. The molecule has 1 saturated heterocycles. The molecule has 1 heterocycles. The van der Waals surface area contributed by atoms with Crippen molar-refractivity contribution in [1.29, 1.82) is 0 Å². The molecular formula is C15H33IN4O2S. The summed E-state index contributed by atoms with van der Waals surface area (Å²) in [4.78, 5) is 6.72. The third-order valence-corrected chi connectivity index (χ3v) is 5.14. The van der Waals surface area contributed by atoms with Gasteiger partial charge in [-0.1, -0.05) is 6.42 Å². The number of guanidine groups is 1. The zero-order valence-electron chi connectivity index (χ0n) is 14.9. The standard InChI is InChI=1S/C15H32N4O2S.HI/c1-15(2,19-10-6-5-7-11-19)13-18-14(16-3)17-9-8-12-22(4,20)21;/h5-13H2,1-4H3,(H2,16,17,18);1H. The molecule has 0 unspecified atom stereocenters. The van der Waals surface area contributed by atoms with Crippen molar-refractivity contribution in [2.45, 2.75) is 45.1 Å². The van der Waals surface area contributed by atoms with E-state index in [0.29, 0.717) is 13.0 Å². The first-order valence-corrected chi connectivity index (χ1v) is 10.2. The third-order valence-electron chi connectivity index (χ3n) is 4.11. The number of aliphatic imine (C=N–C) groups is 1. The number of halogens is 1. The van der Waals surface area contributed by atoms with Gasteiger partial charge in [0.15, 0.2) is 5.96 Å². The fourth-order valence-electron chi connectivity index (χ4n) is 2.67. The molecule has 0 radical (unpaired) electrons. The maximum atomic E-state index is 11.1. The van der Waals surface area contributed by atoms with Crippen molar-refractivity contribution >= 4 is 39.8 Å². The van der Waals surface area contributed by atoms with Gasteiger partial charge < -0.3 is 10.6 Å². The molecule has 0 saturated carbocycles. The van der Waals surface area contributed by atoms with E-state index >= 15 is 0 Å². The average molecular weight is 460 g/mol. The maximum Gasteiger partial charge on any atom is 0.191 e. The summed E-state index contributed by atoms with van der Waals surface area (Å²) in [6, 6.07) is 0. The predicted molar refractivity (Wildman–Crippen MR) is 109 cm³/mol. The Labute approximate surface area is 158 Å². The van der Waals surface area contributed by atoms with Crippen molar-refractivity contribution in [2.24, 2.45) is 4.99 Å². The van der Waals surface area contributed by atoms with Crippen molar-refractivity contribution in [3.05, 3.63) is 0 Å². The minimum atomic E-state index is -2.89. The zero-order chi connectivity index (χ0) is 16.6. The van der Waals surface area contributed by atoms with Crippen LogP contribution >= 0.6 is 24.0 Å². The van der Waals surface area contributed by atoms with Crippen LogP contribution in [0.4, 0.5) is 0 Å². The molecule has 0 aliphatic carbocycles. The second-order valence-corrected chi connectivity index (χ2v) is 8.96. The van der Waals surface area contributed by atoms with Gasteiger partial charge in [0, 0.05) is 31.9 Å². The smallest absolute Gasteiger partial charge is 0.191 e. The Kier molecular flexibility index (Phi) is 10.7. The highest BCUT2D eigenvalue weighted by Crippen LogP contribution is 2.19. The SMILES string of the molecule is CN=C(NCCCS(C)(=O)=O)NCC(C)(C)N1CCCCC1.I. The number of piperidine rings is 1. The van der Waals surface area contributed by atoms with E-state index < -0.39 is 9.84 Å². The molecular weight excluding hydrogens is 427 g/mol. The summed E-state index contributed by atoms with van der Waals surface area (Å²) in [5, 5.41) is 6.53. The minimum Gasteiger partial charge on any atom is -0.356 e. The lowest BCUT2D eigenvalue weighted by atomic mass is 9.98. The molecule has 1 aliphatic rings. The fourth-order valence-corrected chi connectivity index (χ4v) is 3.34. The van der Waals surface area contributed by atoms with Crippen LogP contribution in [-0.2, 0) is 9.84 Å². The van der Waals surface area contributed by atoms with E-state index in [1.54, 1.807) is 7.05 Å². The van der Waals surface area contributed by atoms with Gasteiger partial charge in [-0.2, -0.15) is 0 Å². The van der Waals surface area contributed by atoms with Crippen molar-refractivity contribution in [3.8, 4) is 0 Å². The van der Waals surface area contributed by atoms with Crippen molar-refractivity contribution in [3.63, 3.8) is 0 Å². The van der Waals surface area contributed by atoms with Crippen LogP contribution < -0.4 is 10.6 Å². The van der Waals surface area contributed by atoms with Crippen LogP contribution in [0.3, 0.4) is 0 Å². The lowest BCUT2D eigenvalue weighted by Crippen LogP contribution is -2.54. The lowest BCUT2D eigenvalue weighted by Gasteiger charge is -2.41. The summed E-state index contributed by atoms with van der Waals surface area (Å²) in [7, 11) is -1.15. The first-order chi connectivity index (χ1) is 10.2. The molecule has 23 heavy (non-hydrogen) atoms. The van der Waals surface area contributed by atoms with Crippen molar-refractivity contribution < 1.29 is 8.42 Å². The number of rotatable bonds is 7. The van der Waals surface area contributed by atoms with E-state index in [2.05, 4.69) is 34.4 Å². The van der Waals surface area contributed by atoms with Crippen molar-refractivity contribution in [2.75, 3.05) is 45.2 Å². The second-order valence-electron chi connectivity index (χ2n) is 6.70. The Hall–Kier alpha value is -0.0900. The molecule has 8 heteroatoms. The second kappa shape index (κ2) is 10.7. The number of sulfone groups is 1. The van der Waals surface area contributed by atoms with Crippen LogP contribution in [-0.4, -0.2) is 70.1 Å². The van der Waals surface area contributed by atoms with Gasteiger partial charge in [-0.25, -0.2) is 8.42 Å². The quantitative estimate of drug-likeness (QED) is 0.261. The van der Waals surface area contributed by atoms with E-state index in [9.17, 15) is 8.42 Å². The topological polar surface area (TPSA) is 73.8 Å². The number of likely N-dealkylation sites (tertiary alicyclic amines) is 1. The van der Waals surface area contributed by atoms with Crippen LogP contribution in [0.25, 0.3) is 0 Å². The molecule has 0 aromatic rings. The molecule has 0 atom stereocenters. The largest absolute Gasteiger partial charge is 0.356 e. The lowest BCUT2D eigenvalue weighted by molar-refractivity contribution is 0.0982. The van der Waals surface area contributed by atoms with Crippen LogP contribution in [0, 0.1) is 0 Å². The highest BCUT2D eigenvalue weighted by atomic mass is 127. The average Bonchev–Trinajstić information content (AvgIpc) is 2.46.